The monoisotopic (exact) mass is 547 g/mol. The standard InChI is InChI=1S/C29H42NO5PS/c1-2-3-7-15-28(31)23-16-18-26(19-17-23)34-22-24-21-30(25-12-8-6-9-13-25)29(37)27(24)14-10-4-5-11-20-35-36(32)33/h6,8-9,12-13,16-19,24,27-28,31-33H,2-5,7,10-11,14-15,20-22H2,1H3/t24-,27-,28?/m1/s1. The molecule has 0 aromatic heterocycles. The number of aliphatic hydroxyl groups excluding tert-OH is 1. The first-order chi connectivity index (χ1) is 18.0. The van der Waals surface area contributed by atoms with E-state index in [1.165, 1.54) is 0 Å². The highest BCUT2D eigenvalue weighted by atomic mass is 32.1. The summed E-state index contributed by atoms with van der Waals surface area (Å²) in [7, 11) is -2.25. The molecule has 6 nitrogen and oxygen atoms in total. The van der Waals surface area contributed by atoms with Crippen LogP contribution in [-0.2, 0) is 4.52 Å². The fraction of sp³-hybridized carbons (Fsp3) is 0.552. The van der Waals surface area contributed by atoms with Gasteiger partial charge in [-0.05, 0) is 49.1 Å². The van der Waals surface area contributed by atoms with Crippen molar-refractivity contribution in [1.29, 1.82) is 0 Å². The Morgan fingerprint density at radius 1 is 0.973 bits per heavy atom. The van der Waals surface area contributed by atoms with Gasteiger partial charge in [0.15, 0.2) is 0 Å². The third-order valence-electron chi connectivity index (χ3n) is 7.06. The lowest BCUT2D eigenvalue weighted by Gasteiger charge is -2.19. The first-order valence-corrected chi connectivity index (χ1v) is 15.1. The summed E-state index contributed by atoms with van der Waals surface area (Å²) in [6.07, 6.45) is 8.64. The number of rotatable bonds is 17. The van der Waals surface area contributed by atoms with Crippen LogP contribution < -0.4 is 9.64 Å². The van der Waals surface area contributed by atoms with Crippen molar-refractivity contribution in [2.75, 3.05) is 24.7 Å². The topological polar surface area (TPSA) is 82.4 Å². The van der Waals surface area contributed by atoms with E-state index < -0.39 is 14.7 Å². The molecule has 3 atom stereocenters. The predicted octanol–water partition coefficient (Wildman–Crippen LogP) is 6.94. The summed E-state index contributed by atoms with van der Waals surface area (Å²) in [5.41, 5.74) is 2.07. The second-order valence-corrected chi connectivity index (χ2v) is 11.0. The molecule has 1 saturated heterocycles. The van der Waals surface area contributed by atoms with Crippen LogP contribution in [0.1, 0.15) is 76.4 Å². The average molecular weight is 548 g/mol. The Morgan fingerprint density at radius 3 is 2.41 bits per heavy atom. The normalized spacial score (nSPS) is 18.5. The lowest BCUT2D eigenvalue weighted by Crippen LogP contribution is -2.25. The Kier molecular flexibility index (Phi) is 13.3. The van der Waals surface area contributed by atoms with E-state index in [0.29, 0.717) is 19.1 Å². The molecule has 8 heteroatoms. The Balaban J connectivity index is 1.54. The number of ether oxygens (including phenoxy) is 1. The van der Waals surface area contributed by atoms with E-state index >= 15 is 0 Å². The molecular formula is C29H42NO5PS. The molecule has 2 aromatic rings. The van der Waals surface area contributed by atoms with E-state index in [2.05, 4.69) is 24.0 Å². The van der Waals surface area contributed by atoms with E-state index in [9.17, 15) is 5.11 Å². The fourth-order valence-electron chi connectivity index (χ4n) is 4.93. The molecule has 1 unspecified atom stereocenters. The molecule has 1 heterocycles. The second-order valence-electron chi connectivity index (χ2n) is 9.83. The first-order valence-electron chi connectivity index (χ1n) is 13.6. The summed E-state index contributed by atoms with van der Waals surface area (Å²) in [5.74, 6) is 1.39. The van der Waals surface area contributed by atoms with Gasteiger partial charge in [0.25, 0.3) is 0 Å². The number of benzene rings is 2. The molecule has 3 N–H and O–H groups in total. The Labute approximate surface area is 228 Å². The van der Waals surface area contributed by atoms with Crippen LogP contribution in [0.25, 0.3) is 0 Å². The highest BCUT2D eigenvalue weighted by Crippen LogP contribution is 2.35. The van der Waals surface area contributed by atoms with Crippen molar-refractivity contribution in [2.45, 2.75) is 70.8 Å². The largest absolute Gasteiger partial charge is 0.493 e. The zero-order valence-electron chi connectivity index (χ0n) is 21.9. The maximum absolute atomic E-state index is 10.4. The minimum atomic E-state index is -2.25. The van der Waals surface area contributed by atoms with Crippen LogP contribution in [0, 0.1) is 11.8 Å². The molecule has 0 bridgehead atoms. The number of hydrogen-bond acceptors (Lipinski definition) is 6. The van der Waals surface area contributed by atoms with Gasteiger partial charge >= 0.3 is 8.60 Å². The van der Waals surface area contributed by atoms with Crippen LogP contribution in [0.4, 0.5) is 5.69 Å². The highest BCUT2D eigenvalue weighted by Gasteiger charge is 2.37. The van der Waals surface area contributed by atoms with Gasteiger partial charge in [0.2, 0.25) is 0 Å². The fourth-order valence-corrected chi connectivity index (χ4v) is 5.71. The average Bonchev–Trinajstić information content (AvgIpc) is 3.22. The van der Waals surface area contributed by atoms with Crippen LogP contribution in [-0.4, -0.2) is 39.6 Å². The molecule has 0 amide bonds. The van der Waals surface area contributed by atoms with Crippen LogP contribution in [0.15, 0.2) is 54.6 Å². The van der Waals surface area contributed by atoms with Gasteiger partial charge in [-0.25, -0.2) is 0 Å². The lowest BCUT2D eigenvalue weighted by molar-refractivity contribution is 0.163. The molecule has 37 heavy (non-hydrogen) atoms. The summed E-state index contributed by atoms with van der Waals surface area (Å²) in [6, 6.07) is 18.2. The number of hydrogen-bond donors (Lipinski definition) is 3. The predicted molar refractivity (Wildman–Crippen MR) is 155 cm³/mol. The number of para-hydroxylation sites is 1. The SMILES string of the molecule is CCCCCC(O)c1ccc(OC[C@H]2CN(c3ccccc3)C(=S)[C@@H]2CCCCCCOP(O)O)cc1. The molecule has 1 aliphatic rings. The highest BCUT2D eigenvalue weighted by molar-refractivity contribution is 7.80. The zero-order valence-corrected chi connectivity index (χ0v) is 23.6. The smallest absolute Gasteiger partial charge is 0.327 e. The lowest BCUT2D eigenvalue weighted by atomic mass is 9.91. The van der Waals surface area contributed by atoms with Crippen molar-refractivity contribution in [3.8, 4) is 5.75 Å². The Bertz CT molecular complexity index is 914. The maximum Gasteiger partial charge on any atom is 0.327 e. The van der Waals surface area contributed by atoms with Crippen molar-refractivity contribution < 1.29 is 24.2 Å². The van der Waals surface area contributed by atoms with Gasteiger partial charge in [-0.15, -0.1) is 0 Å². The van der Waals surface area contributed by atoms with Gasteiger partial charge < -0.3 is 29.1 Å². The second kappa shape index (κ2) is 16.4. The van der Waals surface area contributed by atoms with Gasteiger partial charge in [-0.1, -0.05) is 88.0 Å². The number of anilines is 1. The molecule has 3 rings (SSSR count). The molecule has 204 valence electrons. The Morgan fingerprint density at radius 2 is 1.70 bits per heavy atom. The van der Waals surface area contributed by atoms with E-state index in [4.69, 9.17) is 31.3 Å². The quantitative estimate of drug-likeness (QED) is 0.112. The third kappa shape index (κ3) is 9.90. The maximum atomic E-state index is 10.4. The molecule has 1 aliphatic heterocycles. The van der Waals surface area contributed by atoms with Gasteiger partial charge in [-0.2, -0.15) is 0 Å². The zero-order chi connectivity index (χ0) is 26.5. The van der Waals surface area contributed by atoms with Crippen molar-refractivity contribution in [2.24, 2.45) is 11.8 Å². The van der Waals surface area contributed by atoms with Gasteiger partial charge in [-0.3, -0.25) is 0 Å². The molecule has 0 radical (unpaired) electrons. The molecule has 2 aromatic carbocycles. The number of thiocarbonyl (C=S) groups is 1. The first kappa shape index (κ1) is 29.9. The number of unbranched alkanes of at least 4 members (excludes halogenated alkanes) is 5. The molecule has 1 fully saturated rings. The third-order valence-corrected chi connectivity index (χ3v) is 8.00. The minimum Gasteiger partial charge on any atom is -0.493 e. The van der Waals surface area contributed by atoms with Gasteiger partial charge in [0, 0.05) is 24.1 Å². The summed E-state index contributed by atoms with van der Waals surface area (Å²) in [6.45, 7) is 3.99. The van der Waals surface area contributed by atoms with E-state index in [0.717, 1.165) is 86.3 Å². The molecule has 0 saturated carbocycles. The van der Waals surface area contributed by atoms with Crippen LogP contribution >= 0.6 is 20.8 Å². The van der Waals surface area contributed by atoms with Gasteiger partial charge in [0.1, 0.15) is 5.75 Å². The minimum absolute atomic E-state index is 0.272. The van der Waals surface area contributed by atoms with Crippen molar-refractivity contribution in [3.05, 3.63) is 60.2 Å². The van der Waals surface area contributed by atoms with Gasteiger partial charge in [0.05, 0.1) is 24.3 Å². The van der Waals surface area contributed by atoms with Crippen molar-refractivity contribution in [3.63, 3.8) is 0 Å². The molecule has 0 aliphatic carbocycles. The number of aliphatic hydroxyl groups is 1. The number of nitrogens with zero attached hydrogens (tertiary/aromatic N) is 1. The summed E-state index contributed by atoms with van der Waals surface area (Å²) >= 11 is 5.96. The molecule has 0 spiro atoms. The summed E-state index contributed by atoms with van der Waals surface area (Å²) < 4.78 is 11.1. The molecular weight excluding hydrogens is 505 g/mol. The Hall–Kier alpha value is -1.60. The summed E-state index contributed by atoms with van der Waals surface area (Å²) in [4.78, 5) is 20.9. The van der Waals surface area contributed by atoms with Crippen molar-refractivity contribution in [1.82, 2.24) is 0 Å². The van der Waals surface area contributed by atoms with Crippen LogP contribution in [0.2, 0.25) is 0 Å². The van der Waals surface area contributed by atoms with E-state index in [1.807, 2.05) is 42.5 Å². The van der Waals surface area contributed by atoms with Crippen molar-refractivity contribution >= 4 is 31.5 Å². The van der Waals surface area contributed by atoms with Crippen LogP contribution in [0.3, 0.4) is 0 Å². The van der Waals surface area contributed by atoms with E-state index in [-0.39, 0.29) is 5.92 Å². The van der Waals surface area contributed by atoms with E-state index in [1.54, 1.807) is 0 Å². The van der Waals surface area contributed by atoms with Crippen LogP contribution in [0.5, 0.6) is 5.75 Å². The summed E-state index contributed by atoms with van der Waals surface area (Å²) in [5, 5.41) is 10.4.